The standard InChI is InChI=1S/C22H21ClF3N5O.3ClH/c23-17-12-30-21(31-13-22(25,26)18-7-3-4-8-28-18)20(24)16(17)9-19(32)29-11-15-6-2-1-5-14(15)10-27;;;/h1-8,12H,9-11,13,27H2,(H,29,32)(H,30,31);3*1H/p-1. The molecule has 1 amide bonds. The molecule has 0 atom stereocenters. The molecule has 0 saturated heterocycles. The number of rotatable bonds is 9. The van der Waals surface area contributed by atoms with Crippen molar-refractivity contribution in [2.45, 2.75) is 25.4 Å². The molecule has 0 saturated carbocycles. The van der Waals surface area contributed by atoms with Gasteiger partial charge in [-0.05, 0) is 17.2 Å². The van der Waals surface area contributed by atoms with E-state index in [1.165, 1.54) is 24.5 Å². The Kier molecular flexibility index (Phi) is 14.0. The van der Waals surface area contributed by atoms with Gasteiger partial charge in [0.25, 0.3) is 5.69 Å². The normalized spacial score (nSPS) is 10.3. The first-order valence-corrected chi connectivity index (χ1v) is 10.2. The smallest absolute Gasteiger partial charge is 0.365 e. The molecule has 0 unspecified atom stereocenters. The van der Waals surface area contributed by atoms with Crippen LogP contribution in [0.5, 0.6) is 0 Å². The number of hydrogen-bond donors (Lipinski definition) is 3. The molecule has 2 heterocycles. The lowest BCUT2D eigenvalue weighted by molar-refractivity contribution is -0.412. The van der Waals surface area contributed by atoms with Crippen LogP contribution in [0.25, 0.3) is 0 Å². The summed E-state index contributed by atoms with van der Waals surface area (Å²) in [7, 11) is 0. The molecule has 6 nitrogen and oxygen atoms in total. The number of nitrogens with one attached hydrogen (secondary N) is 4. The summed E-state index contributed by atoms with van der Waals surface area (Å²) in [6, 6.07) is 11.6. The van der Waals surface area contributed by atoms with Gasteiger partial charge in [0, 0.05) is 30.8 Å². The second kappa shape index (κ2) is 15.0. The molecule has 192 valence electrons. The Morgan fingerprint density at radius 3 is 2.31 bits per heavy atom. The fraction of sp³-hybridized carbons (Fsp3) is 0.227. The molecule has 3 aromatic rings. The third kappa shape index (κ3) is 8.70. The number of halogens is 7. The number of alkyl halides is 2. The third-order valence-corrected chi connectivity index (χ3v) is 5.20. The van der Waals surface area contributed by atoms with E-state index in [0.29, 0.717) is 6.54 Å². The highest BCUT2D eigenvalue weighted by Crippen LogP contribution is 2.26. The molecule has 2 aromatic heterocycles. The van der Waals surface area contributed by atoms with Gasteiger partial charge in [0.1, 0.15) is 6.20 Å². The number of aromatic nitrogens is 2. The summed E-state index contributed by atoms with van der Waals surface area (Å²) in [6.07, 6.45) is 2.26. The first-order valence-electron chi connectivity index (χ1n) is 9.83. The van der Waals surface area contributed by atoms with Crippen LogP contribution >= 0.6 is 11.6 Å². The van der Waals surface area contributed by atoms with Crippen molar-refractivity contribution < 1.29 is 65.2 Å². The molecule has 0 aliphatic carbocycles. The van der Waals surface area contributed by atoms with E-state index >= 15 is 0 Å². The van der Waals surface area contributed by atoms with Gasteiger partial charge in [-0.3, -0.25) is 10.1 Å². The van der Waals surface area contributed by atoms with Crippen LogP contribution in [0.15, 0.2) is 54.9 Å². The van der Waals surface area contributed by atoms with E-state index in [1.54, 1.807) is 6.07 Å². The molecule has 6 N–H and O–H groups in total. The number of benzene rings is 1. The Bertz CT molecular complexity index is 1090. The van der Waals surface area contributed by atoms with Crippen LogP contribution in [-0.4, -0.2) is 12.5 Å². The van der Waals surface area contributed by atoms with Gasteiger partial charge < -0.3 is 48.3 Å². The van der Waals surface area contributed by atoms with Crippen LogP contribution in [-0.2, 0) is 30.2 Å². The Labute approximate surface area is 224 Å². The van der Waals surface area contributed by atoms with E-state index in [9.17, 15) is 18.0 Å². The third-order valence-electron chi connectivity index (χ3n) is 4.86. The SMILES string of the molecule is NCc1ccccc1CNC(=O)Cc1c(Cl)c[nH+]c(NCC(F)(F)c2cccc[nH+]2)c1F.[Cl-].[Cl-].[Cl-]. The second-order valence-electron chi connectivity index (χ2n) is 7.06. The lowest BCUT2D eigenvalue weighted by atomic mass is 10.1. The van der Waals surface area contributed by atoms with Gasteiger partial charge in [0.2, 0.25) is 11.7 Å². The van der Waals surface area contributed by atoms with Crippen molar-refractivity contribution in [1.29, 1.82) is 0 Å². The summed E-state index contributed by atoms with van der Waals surface area (Å²) < 4.78 is 43.6. The van der Waals surface area contributed by atoms with Gasteiger partial charge in [-0.1, -0.05) is 35.9 Å². The molecule has 0 aliphatic heterocycles. The number of pyridine rings is 2. The number of amides is 1. The van der Waals surface area contributed by atoms with E-state index in [4.69, 9.17) is 17.3 Å². The van der Waals surface area contributed by atoms with E-state index in [0.717, 1.165) is 11.1 Å². The van der Waals surface area contributed by atoms with Crippen LogP contribution in [0.1, 0.15) is 22.4 Å². The molecule has 35 heavy (non-hydrogen) atoms. The number of anilines is 1. The van der Waals surface area contributed by atoms with E-state index in [1.807, 2.05) is 24.3 Å². The van der Waals surface area contributed by atoms with E-state index in [2.05, 4.69) is 20.6 Å². The minimum absolute atomic E-state index is 0. The summed E-state index contributed by atoms with van der Waals surface area (Å²) in [4.78, 5) is 17.4. The molecular weight excluding hydrogens is 549 g/mol. The number of carbonyl (C=O) groups is 1. The van der Waals surface area contributed by atoms with E-state index < -0.39 is 24.2 Å². The lowest BCUT2D eigenvalue weighted by Crippen LogP contribution is -3.00. The fourth-order valence-electron chi connectivity index (χ4n) is 3.09. The molecule has 0 spiro atoms. The van der Waals surface area contributed by atoms with E-state index in [-0.39, 0.29) is 72.3 Å². The van der Waals surface area contributed by atoms with Crippen LogP contribution in [0.2, 0.25) is 5.02 Å². The van der Waals surface area contributed by atoms with Crippen molar-refractivity contribution >= 4 is 23.3 Å². The quantitative estimate of drug-likeness (QED) is 0.238. The van der Waals surface area contributed by atoms with Crippen molar-refractivity contribution in [2.75, 3.05) is 11.9 Å². The minimum atomic E-state index is -3.28. The fourth-order valence-corrected chi connectivity index (χ4v) is 3.30. The van der Waals surface area contributed by atoms with Gasteiger partial charge in [0.05, 0.1) is 11.4 Å². The maximum atomic E-state index is 14.9. The summed E-state index contributed by atoms with van der Waals surface area (Å²) in [6.45, 7) is -0.333. The van der Waals surface area contributed by atoms with Crippen LogP contribution in [0.4, 0.5) is 19.0 Å². The molecular formula is C22H23Cl4F3N5O-. The average Bonchev–Trinajstić information content (AvgIpc) is 2.80. The van der Waals surface area contributed by atoms with Crippen LogP contribution < -0.4 is 63.6 Å². The molecule has 1 aromatic carbocycles. The number of aromatic amines is 2. The Hall–Kier alpha value is -2.30. The first-order chi connectivity index (χ1) is 15.3. The largest absolute Gasteiger partial charge is 1.00 e. The van der Waals surface area contributed by atoms with Crippen molar-refractivity contribution in [1.82, 2.24) is 5.32 Å². The highest BCUT2D eigenvalue weighted by molar-refractivity contribution is 6.31. The van der Waals surface area contributed by atoms with Gasteiger partial charge in [-0.25, -0.2) is 9.97 Å². The minimum Gasteiger partial charge on any atom is -1.00 e. The van der Waals surface area contributed by atoms with Crippen molar-refractivity contribution in [3.8, 4) is 0 Å². The van der Waals surface area contributed by atoms with Gasteiger partial charge in [0.15, 0.2) is 12.7 Å². The molecule has 0 bridgehead atoms. The van der Waals surface area contributed by atoms with Crippen LogP contribution in [0, 0.1) is 5.82 Å². The number of H-pyrrole nitrogens is 2. The van der Waals surface area contributed by atoms with Gasteiger partial charge in [-0.2, -0.15) is 13.2 Å². The highest BCUT2D eigenvalue weighted by Gasteiger charge is 2.40. The van der Waals surface area contributed by atoms with Crippen molar-refractivity contribution in [3.05, 3.63) is 88.1 Å². The molecule has 3 rings (SSSR count). The maximum absolute atomic E-state index is 14.9. The topological polar surface area (TPSA) is 95.4 Å². The average molecular weight is 572 g/mol. The molecule has 13 heteroatoms. The van der Waals surface area contributed by atoms with Gasteiger partial charge in [-0.15, -0.1) is 0 Å². The monoisotopic (exact) mass is 570 g/mol. The molecule has 0 radical (unpaired) electrons. The number of nitrogens with two attached hydrogens (primary N) is 1. The van der Waals surface area contributed by atoms with Crippen molar-refractivity contribution in [3.63, 3.8) is 0 Å². The zero-order chi connectivity index (χ0) is 23.1. The summed E-state index contributed by atoms with van der Waals surface area (Å²) >= 11 is 6.05. The van der Waals surface area contributed by atoms with Gasteiger partial charge >= 0.3 is 11.7 Å². The predicted molar refractivity (Wildman–Crippen MR) is 113 cm³/mol. The Morgan fingerprint density at radius 1 is 1.03 bits per heavy atom. The predicted octanol–water partition coefficient (Wildman–Crippen LogP) is -6.36. The summed E-state index contributed by atoms with van der Waals surface area (Å²) in [5.74, 6) is -4.95. The number of carbonyl (C=O) groups excluding carboxylic acids is 1. The second-order valence-corrected chi connectivity index (χ2v) is 7.47. The maximum Gasteiger partial charge on any atom is 0.365 e. The first kappa shape index (κ1) is 32.7. The lowest BCUT2D eigenvalue weighted by Gasteiger charge is -2.12. The Balaban J connectivity index is 0.00000385. The zero-order valence-electron chi connectivity index (χ0n) is 18.2. The molecule has 0 aliphatic rings. The Morgan fingerprint density at radius 2 is 1.69 bits per heavy atom. The highest BCUT2D eigenvalue weighted by atomic mass is 35.5. The summed E-state index contributed by atoms with van der Waals surface area (Å²) in [5.41, 5.74) is 6.99. The van der Waals surface area contributed by atoms with Crippen molar-refractivity contribution in [2.24, 2.45) is 5.73 Å². The number of hydrogen-bond acceptors (Lipinski definition) is 3. The van der Waals surface area contributed by atoms with Crippen LogP contribution in [0.3, 0.4) is 0 Å². The zero-order valence-corrected chi connectivity index (χ0v) is 21.2. The molecule has 0 fully saturated rings. The summed E-state index contributed by atoms with van der Waals surface area (Å²) in [5, 5.41) is 5.04.